The molecule has 1 saturated carbocycles. The van der Waals surface area contributed by atoms with Gasteiger partial charge >= 0.3 is 6.03 Å². The zero-order valence-electron chi connectivity index (χ0n) is 16.0. The molecule has 3 heterocycles. The fourth-order valence-corrected chi connectivity index (χ4v) is 5.19. The standard InChI is InChI=1S/C19H31N5OS/c1-14-18(26-13-20-14)12-22(2)9-15-5-7-24(10-15)19(25)21-16-6-8-23(11-16)17-3-4-17/h13,15-17H,3-12H2,1-2H3,(H,21,25). The number of thiazole rings is 1. The van der Waals surface area contributed by atoms with Crippen molar-refractivity contribution in [3.05, 3.63) is 16.1 Å². The summed E-state index contributed by atoms with van der Waals surface area (Å²) in [5.74, 6) is 0.575. The van der Waals surface area contributed by atoms with Crippen LogP contribution in [0.3, 0.4) is 0 Å². The van der Waals surface area contributed by atoms with Crippen LogP contribution in [0.1, 0.15) is 36.3 Å². The first-order valence-corrected chi connectivity index (χ1v) is 10.8. The summed E-state index contributed by atoms with van der Waals surface area (Å²) in [6.45, 7) is 8.05. The Morgan fingerprint density at radius 2 is 2.15 bits per heavy atom. The zero-order chi connectivity index (χ0) is 18.1. The summed E-state index contributed by atoms with van der Waals surface area (Å²) >= 11 is 1.73. The molecule has 4 rings (SSSR count). The molecular weight excluding hydrogens is 346 g/mol. The lowest BCUT2D eigenvalue weighted by atomic mass is 10.1. The molecule has 1 N–H and O–H groups in total. The first-order valence-electron chi connectivity index (χ1n) is 9.95. The molecule has 1 aliphatic carbocycles. The smallest absolute Gasteiger partial charge is 0.317 e. The first-order chi connectivity index (χ1) is 12.6. The maximum absolute atomic E-state index is 12.6. The van der Waals surface area contributed by atoms with Crippen molar-refractivity contribution in [1.29, 1.82) is 0 Å². The van der Waals surface area contributed by atoms with E-state index in [2.05, 4.69) is 34.1 Å². The Hall–Kier alpha value is -1.18. The van der Waals surface area contributed by atoms with E-state index < -0.39 is 0 Å². The van der Waals surface area contributed by atoms with Crippen molar-refractivity contribution in [2.24, 2.45) is 5.92 Å². The van der Waals surface area contributed by atoms with Crippen molar-refractivity contribution in [2.45, 2.75) is 51.2 Å². The van der Waals surface area contributed by atoms with Gasteiger partial charge in [-0.25, -0.2) is 9.78 Å². The second kappa shape index (κ2) is 7.82. The minimum absolute atomic E-state index is 0.149. The summed E-state index contributed by atoms with van der Waals surface area (Å²) in [6, 6.07) is 1.31. The van der Waals surface area contributed by atoms with E-state index in [4.69, 9.17) is 0 Å². The highest BCUT2D eigenvalue weighted by molar-refractivity contribution is 7.09. The molecule has 0 spiro atoms. The molecule has 2 unspecified atom stereocenters. The van der Waals surface area contributed by atoms with Gasteiger partial charge in [-0.15, -0.1) is 11.3 Å². The van der Waals surface area contributed by atoms with Crippen LogP contribution in [0.25, 0.3) is 0 Å². The zero-order valence-corrected chi connectivity index (χ0v) is 16.8. The number of hydrogen-bond acceptors (Lipinski definition) is 5. The van der Waals surface area contributed by atoms with Gasteiger partial charge in [0.05, 0.1) is 11.2 Å². The Kier molecular flexibility index (Phi) is 5.47. The van der Waals surface area contributed by atoms with Crippen LogP contribution >= 0.6 is 11.3 Å². The van der Waals surface area contributed by atoms with Gasteiger partial charge in [-0.1, -0.05) is 0 Å². The Morgan fingerprint density at radius 3 is 2.88 bits per heavy atom. The molecule has 2 saturated heterocycles. The molecule has 2 amide bonds. The molecule has 26 heavy (non-hydrogen) atoms. The van der Waals surface area contributed by atoms with Crippen LogP contribution in [-0.4, -0.2) is 77.6 Å². The molecular formula is C19H31N5OS. The van der Waals surface area contributed by atoms with Crippen molar-refractivity contribution in [2.75, 3.05) is 39.8 Å². The number of aryl methyl sites for hydroxylation is 1. The summed E-state index contributed by atoms with van der Waals surface area (Å²) in [5.41, 5.74) is 3.07. The molecule has 2 aliphatic heterocycles. The molecule has 3 aliphatic rings. The third-order valence-electron chi connectivity index (χ3n) is 6.01. The summed E-state index contributed by atoms with van der Waals surface area (Å²) in [4.78, 5) is 25.2. The number of hydrogen-bond donors (Lipinski definition) is 1. The van der Waals surface area contributed by atoms with Crippen molar-refractivity contribution in [3.8, 4) is 0 Å². The minimum Gasteiger partial charge on any atom is -0.334 e. The van der Waals surface area contributed by atoms with E-state index in [1.165, 1.54) is 17.7 Å². The van der Waals surface area contributed by atoms with Gasteiger partial charge in [-0.05, 0) is 45.6 Å². The van der Waals surface area contributed by atoms with Crippen molar-refractivity contribution in [3.63, 3.8) is 0 Å². The van der Waals surface area contributed by atoms with E-state index >= 15 is 0 Å². The number of urea groups is 1. The number of nitrogens with zero attached hydrogens (tertiary/aromatic N) is 4. The molecule has 6 nitrogen and oxygen atoms in total. The Morgan fingerprint density at radius 1 is 1.31 bits per heavy atom. The maximum Gasteiger partial charge on any atom is 0.317 e. The quantitative estimate of drug-likeness (QED) is 0.825. The highest BCUT2D eigenvalue weighted by atomic mass is 32.1. The van der Waals surface area contributed by atoms with Gasteiger partial charge in [0.15, 0.2) is 0 Å². The summed E-state index contributed by atoms with van der Waals surface area (Å²) < 4.78 is 0. The van der Waals surface area contributed by atoms with E-state index in [-0.39, 0.29) is 6.03 Å². The Labute approximate surface area is 160 Å². The number of amides is 2. The van der Waals surface area contributed by atoms with E-state index in [1.54, 1.807) is 11.3 Å². The topological polar surface area (TPSA) is 51.7 Å². The SMILES string of the molecule is Cc1ncsc1CN(C)CC1CCN(C(=O)NC2CCN(C3CC3)C2)C1. The molecule has 7 heteroatoms. The lowest BCUT2D eigenvalue weighted by Gasteiger charge is -2.23. The van der Waals surface area contributed by atoms with Crippen LogP contribution in [0.2, 0.25) is 0 Å². The predicted molar refractivity (Wildman–Crippen MR) is 104 cm³/mol. The first kappa shape index (κ1) is 18.2. The molecule has 0 bridgehead atoms. The highest BCUT2D eigenvalue weighted by Gasteiger charge is 2.36. The van der Waals surface area contributed by atoms with E-state index in [9.17, 15) is 4.79 Å². The van der Waals surface area contributed by atoms with Gasteiger partial charge in [0.2, 0.25) is 0 Å². The van der Waals surface area contributed by atoms with Crippen molar-refractivity contribution < 1.29 is 4.79 Å². The molecule has 3 fully saturated rings. The van der Waals surface area contributed by atoms with Crippen LogP contribution in [0.15, 0.2) is 5.51 Å². The normalized spacial score (nSPS) is 26.8. The monoisotopic (exact) mass is 377 g/mol. The molecule has 0 aromatic carbocycles. The van der Waals surface area contributed by atoms with Crippen LogP contribution < -0.4 is 5.32 Å². The number of aromatic nitrogens is 1. The molecule has 1 aromatic rings. The minimum atomic E-state index is 0.149. The van der Waals surface area contributed by atoms with Crippen LogP contribution in [0, 0.1) is 12.8 Å². The summed E-state index contributed by atoms with van der Waals surface area (Å²) in [6.07, 6.45) is 4.92. The largest absolute Gasteiger partial charge is 0.334 e. The third-order valence-corrected chi connectivity index (χ3v) is 6.93. The summed E-state index contributed by atoms with van der Waals surface area (Å²) in [7, 11) is 2.17. The van der Waals surface area contributed by atoms with Crippen LogP contribution in [0.5, 0.6) is 0 Å². The van der Waals surface area contributed by atoms with E-state index in [0.29, 0.717) is 12.0 Å². The maximum atomic E-state index is 12.6. The highest BCUT2D eigenvalue weighted by Crippen LogP contribution is 2.30. The lowest BCUT2D eigenvalue weighted by molar-refractivity contribution is 0.199. The van der Waals surface area contributed by atoms with Gasteiger partial charge in [0, 0.05) is 56.2 Å². The van der Waals surface area contributed by atoms with Gasteiger partial charge < -0.3 is 15.1 Å². The third kappa shape index (κ3) is 4.38. The summed E-state index contributed by atoms with van der Waals surface area (Å²) in [5, 5.41) is 3.28. The number of carbonyl (C=O) groups is 1. The van der Waals surface area contributed by atoms with Crippen LogP contribution in [-0.2, 0) is 6.54 Å². The molecule has 2 atom stereocenters. The average molecular weight is 378 g/mol. The van der Waals surface area contributed by atoms with Gasteiger partial charge in [0.1, 0.15) is 0 Å². The predicted octanol–water partition coefficient (Wildman–Crippen LogP) is 2.15. The second-order valence-electron chi connectivity index (χ2n) is 8.32. The van der Waals surface area contributed by atoms with Gasteiger partial charge in [-0.3, -0.25) is 4.90 Å². The van der Waals surface area contributed by atoms with Gasteiger partial charge in [0.25, 0.3) is 0 Å². The number of likely N-dealkylation sites (tertiary alicyclic amines) is 2. The number of rotatable bonds is 6. The van der Waals surface area contributed by atoms with Crippen molar-refractivity contribution in [1.82, 2.24) is 25.0 Å². The van der Waals surface area contributed by atoms with Gasteiger partial charge in [-0.2, -0.15) is 0 Å². The molecule has 1 aromatic heterocycles. The molecule has 0 radical (unpaired) electrons. The van der Waals surface area contributed by atoms with Crippen molar-refractivity contribution >= 4 is 17.4 Å². The fraction of sp³-hybridized carbons (Fsp3) is 0.789. The number of carbonyl (C=O) groups excluding carboxylic acids is 1. The van der Waals surface area contributed by atoms with Crippen LogP contribution in [0.4, 0.5) is 4.79 Å². The molecule has 144 valence electrons. The van der Waals surface area contributed by atoms with E-state index in [0.717, 1.165) is 63.8 Å². The van der Waals surface area contributed by atoms with E-state index in [1.807, 2.05) is 10.4 Å². The lowest BCUT2D eigenvalue weighted by Crippen LogP contribution is -2.45. The Bertz CT molecular complexity index is 631. The second-order valence-corrected chi connectivity index (χ2v) is 9.26. The average Bonchev–Trinajstić information content (AvgIpc) is 2.98. The number of nitrogens with one attached hydrogen (secondary N) is 1. The Balaban J connectivity index is 1.19. The fourth-order valence-electron chi connectivity index (χ4n) is 4.34.